The second-order valence-electron chi connectivity index (χ2n) is 5.64. The number of hydrogen-bond donors (Lipinski definition) is 0. The molecular weight excluding hydrogens is 295 g/mol. The van der Waals surface area contributed by atoms with Gasteiger partial charge in [0.05, 0.1) is 0 Å². The second kappa shape index (κ2) is 6.32. The molecule has 0 aliphatic heterocycles. The molecule has 1 fully saturated rings. The lowest BCUT2D eigenvalue weighted by molar-refractivity contribution is -0.123. The van der Waals surface area contributed by atoms with Crippen LogP contribution < -0.4 is 4.74 Å². The van der Waals surface area contributed by atoms with Crippen LogP contribution in [0.5, 0.6) is 11.5 Å². The number of rotatable bonds is 4. The fourth-order valence-electron chi connectivity index (χ4n) is 2.93. The Hall–Kier alpha value is -2.49. The molecule has 1 aliphatic carbocycles. The van der Waals surface area contributed by atoms with Crippen LogP contribution in [0.15, 0.2) is 42.5 Å². The van der Waals surface area contributed by atoms with Crippen LogP contribution in [0.25, 0.3) is 0 Å². The quantitative estimate of drug-likeness (QED) is 0.795. The number of hydrogen-bond acceptors (Lipinski definition) is 3. The maximum atomic E-state index is 12.9. The number of halogens is 1. The van der Waals surface area contributed by atoms with Crippen LogP contribution in [0.3, 0.4) is 0 Å². The molecule has 1 aliphatic rings. The molecule has 0 saturated heterocycles. The molecule has 4 heteroatoms. The van der Waals surface area contributed by atoms with E-state index in [9.17, 15) is 14.0 Å². The summed E-state index contributed by atoms with van der Waals surface area (Å²) in [7, 11) is 0. The minimum Gasteiger partial charge on any atom is -0.457 e. The molecule has 0 spiro atoms. The Morgan fingerprint density at radius 3 is 2.22 bits per heavy atom. The monoisotopic (exact) mass is 312 g/mol. The van der Waals surface area contributed by atoms with Gasteiger partial charge in [-0.2, -0.15) is 0 Å². The molecule has 2 aromatic carbocycles. The van der Waals surface area contributed by atoms with Crippen LogP contribution in [0.1, 0.15) is 36.8 Å². The van der Waals surface area contributed by atoms with Crippen molar-refractivity contribution in [1.29, 1.82) is 0 Å². The Bertz CT molecular complexity index is 734. The summed E-state index contributed by atoms with van der Waals surface area (Å²) >= 11 is 0. The van der Waals surface area contributed by atoms with Gasteiger partial charge in [0.25, 0.3) is 0 Å². The molecule has 1 saturated carbocycles. The topological polar surface area (TPSA) is 43.4 Å². The summed E-state index contributed by atoms with van der Waals surface area (Å²) in [5.74, 6) is 0.197. The van der Waals surface area contributed by atoms with Crippen molar-refractivity contribution in [3.63, 3.8) is 0 Å². The van der Waals surface area contributed by atoms with Crippen molar-refractivity contribution in [2.45, 2.75) is 32.1 Å². The van der Waals surface area contributed by atoms with E-state index >= 15 is 0 Å². The SMILES string of the molecule is CCc1cc(Oc2ccc(F)cc2)ccc1C1C(=O)CCC1=O. The molecule has 0 bridgehead atoms. The zero-order chi connectivity index (χ0) is 16.4. The summed E-state index contributed by atoms with van der Waals surface area (Å²) < 4.78 is 18.6. The summed E-state index contributed by atoms with van der Waals surface area (Å²) in [5, 5.41) is 0. The Morgan fingerprint density at radius 2 is 1.61 bits per heavy atom. The molecule has 0 aromatic heterocycles. The molecule has 0 heterocycles. The van der Waals surface area contributed by atoms with Gasteiger partial charge in [0, 0.05) is 12.8 Å². The molecule has 0 N–H and O–H groups in total. The van der Waals surface area contributed by atoms with E-state index in [0.29, 0.717) is 30.8 Å². The summed E-state index contributed by atoms with van der Waals surface area (Å²) in [4.78, 5) is 23.9. The normalized spacial score (nSPS) is 15.2. The van der Waals surface area contributed by atoms with Crippen molar-refractivity contribution >= 4 is 11.6 Å². The average molecular weight is 312 g/mol. The van der Waals surface area contributed by atoms with E-state index < -0.39 is 5.92 Å². The molecular formula is C19H17FO3. The number of ketones is 2. The van der Waals surface area contributed by atoms with Gasteiger partial charge in [-0.3, -0.25) is 9.59 Å². The van der Waals surface area contributed by atoms with Gasteiger partial charge < -0.3 is 4.74 Å². The van der Waals surface area contributed by atoms with Crippen molar-refractivity contribution in [3.05, 3.63) is 59.4 Å². The van der Waals surface area contributed by atoms with Crippen molar-refractivity contribution in [2.24, 2.45) is 0 Å². The van der Waals surface area contributed by atoms with E-state index in [1.165, 1.54) is 12.1 Å². The molecule has 23 heavy (non-hydrogen) atoms. The van der Waals surface area contributed by atoms with E-state index in [1.54, 1.807) is 24.3 Å². The summed E-state index contributed by atoms with van der Waals surface area (Å²) in [6.07, 6.45) is 1.37. The minimum absolute atomic E-state index is 0.00287. The largest absolute Gasteiger partial charge is 0.457 e. The average Bonchev–Trinajstić information content (AvgIpc) is 2.88. The first-order valence-electron chi connectivity index (χ1n) is 7.70. The first-order chi connectivity index (χ1) is 11.1. The number of Topliss-reactive ketones (excluding diaryl/α,β-unsaturated/α-hetero) is 2. The Balaban J connectivity index is 1.89. The highest BCUT2D eigenvalue weighted by molar-refractivity contribution is 6.13. The fraction of sp³-hybridized carbons (Fsp3) is 0.263. The van der Waals surface area contributed by atoms with Crippen LogP contribution in [-0.2, 0) is 16.0 Å². The molecule has 0 radical (unpaired) electrons. The van der Waals surface area contributed by atoms with Crippen molar-refractivity contribution in [2.75, 3.05) is 0 Å². The predicted octanol–water partition coefficient (Wildman–Crippen LogP) is 4.20. The lowest BCUT2D eigenvalue weighted by atomic mass is 9.90. The first-order valence-corrected chi connectivity index (χ1v) is 7.70. The molecule has 118 valence electrons. The van der Waals surface area contributed by atoms with Crippen LogP contribution in [0.2, 0.25) is 0 Å². The fourth-order valence-corrected chi connectivity index (χ4v) is 2.93. The van der Waals surface area contributed by atoms with Gasteiger partial charge in [0.2, 0.25) is 0 Å². The van der Waals surface area contributed by atoms with E-state index in [4.69, 9.17) is 4.74 Å². The third-order valence-electron chi connectivity index (χ3n) is 4.12. The van der Waals surface area contributed by atoms with E-state index in [-0.39, 0.29) is 17.4 Å². The summed E-state index contributed by atoms with van der Waals surface area (Å²) in [6.45, 7) is 1.98. The molecule has 0 amide bonds. The standard InChI is InChI=1S/C19H17FO3/c1-2-12-11-15(23-14-5-3-13(20)4-6-14)7-8-16(12)19-17(21)9-10-18(19)22/h3-8,11,19H,2,9-10H2,1H3. The highest BCUT2D eigenvalue weighted by Crippen LogP contribution is 2.33. The predicted molar refractivity (Wildman–Crippen MR) is 84.3 cm³/mol. The number of ether oxygens (including phenoxy) is 1. The van der Waals surface area contributed by atoms with Gasteiger partial charge in [-0.05, 0) is 53.9 Å². The van der Waals surface area contributed by atoms with E-state index in [0.717, 1.165) is 11.1 Å². The summed E-state index contributed by atoms with van der Waals surface area (Å²) in [5.41, 5.74) is 1.71. The molecule has 0 atom stereocenters. The number of aryl methyl sites for hydroxylation is 1. The summed E-state index contributed by atoms with van der Waals surface area (Å²) in [6, 6.07) is 11.2. The highest BCUT2D eigenvalue weighted by Gasteiger charge is 2.35. The first kappa shape index (κ1) is 15.4. The lowest BCUT2D eigenvalue weighted by Gasteiger charge is -2.15. The van der Waals surface area contributed by atoms with Gasteiger partial charge in [-0.1, -0.05) is 13.0 Å². The van der Waals surface area contributed by atoms with Gasteiger partial charge in [-0.15, -0.1) is 0 Å². The number of benzene rings is 2. The number of carbonyl (C=O) groups excluding carboxylic acids is 2. The van der Waals surface area contributed by atoms with Gasteiger partial charge in [0.15, 0.2) is 0 Å². The minimum atomic E-state index is -0.621. The molecule has 0 unspecified atom stereocenters. The van der Waals surface area contributed by atoms with Crippen molar-refractivity contribution in [3.8, 4) is 11.5 Å². The van der Waals surface area contributed by atoms with Gasteiger partial charge in [0.1, 0.15) is 34.8 Å². The van der Waals surface area contributed by atoms with Gasteiger partial charge >= 0.3 is 0 Å². The highest BCUT2D eigenvalue weighted by atomic mass is 19.1. The van der Waals surface area contributed by atoms with Crippen molar-refractivity contribution < 1.29 is 18.7 Å². The Labute approximate surface area is 134 Å². The van der Waals surface area contributed by atoms with Crippen molar-refractivity contribution in [1.82, 2.24) is 0 Å². The zero-order valence-corrected chi connectivity index (χ0v) is 12.8. The number of carbonyl (C=O) groups is 2. The second-order valence-corrected chi connectivity index (χ2v) is 5.64. The maximum Gasteiger partial charge on any atom is 0.148 e. The van der Waals surface area contributed by atoms with Crippen LogP contribution >= 0.6 is 0 Å². The van der Waals surface area contributed by atoms with Crippen LogP contribution in [-0.4, -0.2) is 11.6 Å². The molecule has 2 aromatic rings. The third kappa shape index (κ3) is 3.16. The van der Waals surface area contributed by atoms with E-state index in [1.807, 2.05) is 13.0 Å². The third-order valence-corrected chi connectivity index (χ3v) is 4.12. The maximum absolute atomic E-state index is 12.9. The van der Waals surface area contributed by atoms with Crippen LogP contribution in [0.4, 0.5) is 4.39 Å². The Kier molecular flexibility index (Phi) is 4.24. The lowest BCUT2D eigenvalue weighted by Crippen LogP contribution is -2.14. The Morgan fingerprint density at radius 1 is 1.00 bits per heavy atom. The zero-order valence-electron chi connectivity index (χ0n) is 12.8. The molecule has 3 nitrogen and oxygen atoms in total. The molecule has 3 rings (SSSR count). The van der Waals surface area contributed by atoms with Crippen LogP contribution in [0, 0.1) is 5.82 Å². The van der Waals surface area contributed by atoms with E-state index in [2.05, 4.69) is 0 Å². The smallest absolute Gasteiger partial charge is 0.148 e. The van der Waals surface area contributed by atoms with Gasteiger partial charge in [-0.25, -0.2) is 4.39 Å².